The van der Waals surface area contributed by atoms with Gasteiger partial charge < -0.3 is 5.32 Å². The number of alkyl halides is 3. The first-order valence-corrected chi connectivity index (χ1v) is 5.93. The van der Waals surface area contributed by atoms with Crippen molar-refractivity contribution in [2.45, 2.75) is 24.9 Å². The summed E-state index contributed by atoms with van der Waals surface area (Å²) in [6, 6.07) is 4.21. The lowest BCUT2D eigenvalue weighted by atomic mass is 9.90. The first kappa shape index (κ1) is 12.7. The molecule has 1 aromatic rings. The molecule has 17 heavy (non-hydrogen) atoms. The second-order valence-electron chi connectivity index (χ2n) is 4.28. The van der Waals surface area contributed by atoms with Crippen LogP contribution in [0.25, 0.3) is 0 Å². The molecular weight excluding hydrogens is 251 g/mol. The fraction of sp³-hybridized carbons (Fsp3) is 0.500. The zero-order chi connectivity index (χ0) is 12.5. The van der Waals surface area contributed by atoms with Crippen LogP contribution in [0, 0.1) is 0 Å². The summed E-state index contributed by atoms with van der Waals surface area (Å²) in [5, 5.41) is 2.96. The topological polar surface area (TPSA) is 12.0 Å². The van der Waals surface area contributed by atoms with E-state index in [1.54, 1.807) is 6.07 Å². The second kappa shape index (κ2) is 4.86. The molecule has 1 N–H and O–H groups in total. The van der Waals surface area contributed by atoms with Crippen LogP contribution in [0.15, 0.2) is 18.2 Å². The van der Waals surface area contributed by atoms with Gasteiger partial charge in [0.05, 0.1) is 10.6 Å². The Kier molecular flexibility index (Phi) is 3.64. The number of benzene rings is 1. The summed E-state index contributed by atoms with van der Waals surface area (Å²) in [5.74, 6) is 0.155. The maximum atomic E-state index is 12.7. The van der Waals surface area contributed by atoms with Crippen molar-refractivity contribution in [3.63, 3.8) is 0 Å². The van der Waals surface area contributed by atoms with Crippen molar-refractivity contribution in [1.29, 1.82) is 0 Å². The lowest BCUT2D eigenvalue weighted by Crippen LogP contribution is -2.28. The monoisotopic (exact) mass is 263 g/mol. The molecule has 1 aliphatic rings. The van der Waals surface area contributed by atoms with Crippen molar-refractivity contribution in [3.8, 4) is 0 Å². The molecule has 0 radical (unpaired) electrons. The lowest BCUT2D eigenvalue weighted by molar-refractivity contribution is -0.137. The Morgan fingerprint density at radius 3 is 2.65 bits per heavy atom. The lowest BCUT2D eigenvalue weighted by Gasteiger charge is -2.24. The van der Waals surface area contributed by atoms with Crippen molar-refractivity contribution in [3.05, 3.63) is 34.3 Å². The molecule has 0 aliphatic carbocycles. The summed E-state index contributed by atoms with van der Waals surface area (Å²) in [4.78, 5) is 0. The third-order valence-electron chi connectivity index (χ3n) is 3.06. The van der Waals surface area contributed by atoms with Gasteiger partial charge in [-0.15, -0.1) is 0 Å². The number of piperidine rings is 1. The van der Waals surface area contributed by atoms with Gasteiger partial charge in [-0.3, -0.25) is 0 Å². The number of nitrogens with one attached hydrogen (secondary N) is 1. The van der Waals surface area contributed by atoms with Crippen molar-refractivity contribution in [2.24, 2.45) is 0 Å². The molecule has 1 nitrogen and oxygen atoms in total. The third-order valence-corrected chi connectivity index (χ3v) is 3.39. The van der Waals surface area contributed by atoms with Crippen LogP contribution in [0.1, 0.15) is 29.9 Å². The molecule has 1 atom stereocenters. The molecular formula is C12H13ClF3N. The summed E-state index contributed by atoms with van der Waals surface area (Å²) in [7, 11) is 0. The highest BCUT2D eigenvalue weighted by Gasteiger charge is 2.33. The Balaban J connectivity index is 2.30. The Morgan fingerprint density at radius 1 is 1.29 bits per heavy atom. The van der Waals surface area contributed by atoms with E-state index in [-0.39, 0.29) is 10.9 Å². The van der Waals surface area contributed by atoms with Crippen molar-refractivity contribution in [1.82, 2.24) is 5.32 Å². The van der Waals surface area contributed by atoms with E-state index in [2.05, 4.69) is 5.32 Å². The van der Waals surface area contributed by atoms with Gasteiger partial charge in [0.2, 0.25) is 0 Å². The molecule has 5 heteroatoms. The molecule has 0 aromatic heterocycles. The predicted molar refractivity (Wildman–Crippen MR) is 61.3 cm³/mol. The summed E-state index contributed by atoms with van der Waals surface area (Å²) < 4.78 is 38.1. The van der Waals surface area contributed by atoms with Crippen molar-refractivity contribution in [2.75, 3.05) is 13.1 Å². The van der Waals surface area contributed by atoms with Crippen LogP contribution in [0.4, 0.5) is 13.2 Å². The van der Waals surface area contributed by atoms with Crippen LogP contribution in [-0.4, -0.2) is 13.1 Å². The Morgan fingerprint density at radius 2 is 2.06 bits per heavy atom. The molecule has 94 valence electrons. The van der Waals surface area contributed by atoms with Crippen LogP contribution in [-0.2, 0) is 6.18 Å². The normalized spacial score (nSPS) is 21.5. The summed E-state index contributed by atoms with van der Waals surface area (Å²) in [5.41, 5.74) is -0.0174. The zero-order valence-electron chi connectivity index (χ0n) is 9.15. The first-order chi connectivity index (χ1) is 7.98. The van der Waals surface area contributed by atoms with Crippen LogP contribution in [0.2, 0.25) is 5.02 Å². The second-order valence-corrected chi connectivity index (χ2v) is 4.69. The van der Waals surface area contributed by atoms with Gasteiger partial charge in [0.15, 0.2) is 0 Å². The van der Waals surface area contributed by atoms with Gasteiger partial charge in [-0.05, 0) is 43.0 Å². The third kappa shape index (κ3) is 2.93. The van der Waals surface area contributed by atoms with E-state index in [0.29, 0.717) is 5.56 Å². The van der Waals surface area contributed by atoms with E-state index in [0.717, 1.165) is 25.9 Å². The minimum Gasteiger partial charge on any atom is -0.316 e. The highest BCUT2D eigenvalue weighted by molar-refractivity contribution is 6.31. The van der Waals surface area contributed by atoms with Gasteiger partial charge in [0, 0.05) is 6.54 Å². The smallest absolute Gasteiger partial charge is 0.316 e. The molecule has 1 saturated heterocycles. The van der Waals surface area contributed by atoms with E-state index < -0.39 is 11.7 Å². The van der Waals surface area contributed by atoms with Gasteiger partial charge in [-0.2, -0.15) is 13.2 Å². The Labute approximate surface area is 103 Å². The highest BCUT2D eigenvalue weighted by atomic mass is 35.5. The quantitative estimate of drug-likeness (QED) is 0.812. The molecule has 0 bridgehead atoms. The minimum absolute atomic E-state index is 0.155. The fourth-order valence-corrected chi connectivity index (χ4v) is 2.38. The van der Waals surface area contributed by atoms with E-state index in [1.807, 2.05) is 0 Å². The van der Waals surface area contributed by atoms with Gasteiger partial charge in [0.1, 0.15) is 0 Å². The SMILES string of the molecule is FC(F)(F)c1cc(C2CCCNC2)ccc1Cl. The molecule has 0 spiro atoms. The van der Waals surface area contributed by atoms with E-state index in [9.17, 15) is 13.2 Å². The van der Waals surface area contributed by atoms with Crippen LogP contribution < -0.4 is 5.32 Å². The number of hydrogen-bond acceptors (Lipinski definition) is 1. The standard InChI is InChI=1S/C12H13ClF3N/c13-11-4-3-8(6-10(11)12(14,15)16)9-2-1-5-17-7-9/h3-4,6,9,17H,1-2,5,7H2. The summed E-state index contributed by atoms with van der Waals surface area (Å²) in [6.07, 6.45) is -2.46. The van der Waals surface area contributed by atoms with Gasteiger partial charge in [0.25, 0.3) is 0 Å². The molecule has 1 heterocycles. The number of halogens is 4. The Bertz CT molecular complexity index is 397. The van der Waals surface area contributed by atoms with E-state index in [1.165, 1.54) is 12.1 Å². The van der Waals surface area contributed by atoms with Crippen LogP contribution in [0.5, 0.6) is 0 Å². The maximum Gasteiger partial charge on any atom is 0.417 e. The minimum atomic E-state index is -4.38. The van der Waals surface area contributed by atoms with Crippen LogP contribution in [0.3, 0.4) is 0 Å². The molecule has 0 amide bonds. The Hall–Kier alpha value is -0.740. The van der Waals surface area contributed by atoms with Gasteiger partial charge in [-0.25, -0.2) is 0 Å². The number of rotatable bonds is 1. The van der Waals surface area contributed by atoms with Crippen molar-refractivity contribution < 1.29 is 13.2 Å². The fourth-order valence-electron chi connectivity index (χ4n) is 2.15. The largest absolute Gasteiger partial charge is 0.417 e. The molecule has 1 fully saturated rings. The zero-order valence-corrected chi connectivity index (χ0v) is 9.91. The molecule has 1 aliphatic heterocycles. The van der Waals surface area contributed by atoms with Gasteiger partial charge in [-0.1, -0.05) is 17.7 Å². The van der Waals surface area contributed by atoms with Gasteiger partial charge >= 0.3 is 6.18 Å². The maximum absolute atomic E-state index is 12.7. The number of hydrogen-bond donors (Lipinski definition) is 1. The van der Waals surface area contributed by atoms with E-state index in [4.69, 9.17) is 11.6 Å². The van der Waals surface area contributed by atoms with Crippen molar-refractivity contribution >= 4 is 11.6 Å². The predicted octanol–water partition coefficient (Wildman–Crippen LogP) is 3.83. The molecule has 1 unspecified atom stereocenters. The molecule has 2 rings (SSSR count). The average Bonchev–Trinajstić information content (AvgIpc) is 2.29. The summed E-state index contributed by atoms with van der Waals surface area (Å²) in [6.45, 7) is 1.68. The van der Waals surface area contributed by atoms with Crippen LogP contribution >= 0.6 is 11.6 Å². The average molecular weight is 264 g/mol. The molecule has 0 saturated carbocycles. The highest BCUT2D eigenvalue weighted by Crippen LogP contribution is 2.37. The van der Waals surface area contributed by atoms with E-state index >= 15 is 0 Å². The summed E-state index contributed by atoms with van der Waals surface area (Å²) >= 11 is 5.58. The molecule has 1 aromatic carbocycles. The first-order valence-electron chi connectivity index (χ1n) is 5.56.